The highest BCUT2D eigenvalue weighted by molar-refractivity contribution is 5.97. The third-order valence-electron chi connectivity index (χ3n) is 2.57. The Morgan fingerprint density at radius 2 is 1.89 bits per heavy atom. The number of amidine groups is 1. The number of nitrogens with zero attached hydrogens (tertiary/aromatic N) is 2. The number of aliphatic hydroxyl groups excluding tert-OH is 2. The van der Waals surface area contributed by atoms with Crippen LogP contribution in [0.5, 0.6) is 0 Å². The first-order valence-electron chi connectivity index (χ1n) is 5.72. The molecule has 0 unspecified atom stereocenters. The summed E-state index contributed by atoms with van der Waals surface area (Å²) in [6.07, 6.45) is 0. The number of aliphatic hydroxyl groups is 2. The van der Waals surface area contributed by atoms with Crippen molar-refractivity contribution < 1.29 is 15.4 Å². The van der Waals surface area contributed by atoms with Gasteiger partial charge in [0.05, 0.1) is 13.2 Å². The van der Waals surface area contributed by atoms with Crippen molar-refractivity contribution in [2.45, 2.75) is 6.54 Å². The number of oxime groups is 1. The van der Waals surface area contributed by atoms with Crippen LogP contribution in [0.2, 0.25) is 0 Å². The first-order valence-corrected chi connectivity index (χ1v) is 5.72. The topological polar surface area (TPSA) is 102 Å². The van der Waals surface area contributed by atoms with Gasteiger partial charge < -0.3 is 21.2 Å². The van der Waals surface area contributed by atoms with Gasteiger partial charge in [-0.15, -0.1) is 0 Å². The molecule has 0 radical (unpaired) electrons. The van der Waals surface area contributed by atoms with Gasteiger partial charge in [0.2, 0.25) is 0 Å². The van der Waals surface area contributed by atoms with Gasteiger partial charge in [0.25, 0.3) is 0 Å². The summed E-state index contributed by atoms with van der Waals surface area (Å²) in [6.45, 7) is 1.66. The van der Waals surface area contributed by atoms with E-state index in [0.29, 0.717) is 25.2 Å². The summed E-state index contributed by atoms with van der Waals surface area (Å²) in [7, 11) is 0. The van der Waals surface area contributed by atoms with Crippen LogP contribution in [0.3, 0.4) is 0 Å². The van der Waals surface area contributed by atoms with Crippen molar-refractivity contribution in [3.8, 4) is 0 Å². The maximum atomic E-state index is 8.93. The molecule has 5 N–H and O–H groups in total. The lowest BCUT2D eigenvalue weighted by atomic mass is 10.1. The van der Waals surface area contributed by atoms with Crippen LogP contribution in [-0.4, -0.2) is 52.5 Å². The van der Waals surface area contributed by atoms with E-state index in [1.165, 1.54) is 0 Å². The fraction of sp³-hybridized carbons (Fsp3) is 0.417. The predicted octanol–water partition coefficient (Wildman–Crippen LogP) is -0.432. The third-order valence-corrected chi connectivity index (χ3v) is 2.57. The lowest BCUT2D eigenvalue weighted by Crippen LogP contribution is -2.29. The number of benzene rings is 1. The second-order valence-electron chi connectivity index (χ2n) is 3.91. The van der Waals surface area contributed by atoms with Crippen molar-refractivity contribution in [2.24, 2.45) is 10.9 Å². The van der Waals surface area contributed by atoms with Crippen molar-refractivity contribution >= 4 is 5.84 Å². The van der Waals surface area contributed by atoms with Gasteiger partial charge in [-0.25, -0.2) is 0 Å². The highest BCUT2D eigenvalue weighted by atomic mass is 16.4. The minimum Gasteiger partial charge on any atom is -0.409 e. The number of hydrogen-bond acceptors (Lipinski definition) is 5. The molecule has 0 saturated heterocycles. The van der Waals surface area contributed by atoms with Crippen LogP contribution in [0.1, 0.15) is 11.1 Å². The van der Waals surface area contributed by atoms with E-state index in [2.05, 4.69) is 5.16 Å². The molecule has 6 nitrogen and oxygen atoms in total. The summed E-state index contributed by atoms with van der Waals surface area (Å²) in [5.74, 6) is 0.0627. The van der Waals surface area contributed by atoms with Crippen LogP contribution in [0.4, 0.5) is 0 Å². The summed E-state index contributed by atoms with van der Waals surface area (Å²) < 4.78 is 0. The van der Waals surface area contributed by atoms with Crippen molar-refractivity contribution in [1.29, 1.82) is 0 Å². The Bertz CT molecular complexity index is 390. The molecular weight excluding hydrogens is 234 g/mol. The van der Waals surface area contributed by atoms with E-state index in [1.54, 1.807) is 6.07 Å². The molecule has 1 aromatic rings. The van der Waals surface area contributed by atoms with E-state index in [1.807, 2.05) is 23.1 Å². The summed E-state index contributed by atoms with van der Waals surface area (Å²) in [4.78, 5) is 1.92. The zero-order valence-electron chi connectivity index (χ0n) is 10.2. The minimum absolute atomic E-state index is 0.0416. The fourth-order valence-electron chi connectivity index (χ4n) is 1.70. The quantitative estimate of drug-likeness (QED) is 0.228. The van der Waals surface area contributed by atoms with Crippen LogP contribution in [0, 0.1) is 0 Å². The molecule has 0 aromatic heterocycles. The van der Waals surface area contributed by atoms with E-state index in [9.17, 15) is 0 Å². The Balaban J connectivity index is 2.76. The molecule has 1 rings (SSSR count). The summed E-state index contributed by atoms with van der Waals surface area (Å²) >= 11 is 0. The zero-order valence-corrected chi connectivity index (χ0v) is 10.2. The van der Waals surface area contributed by atoms with Gasteiger partial charge in [-0.1, -0.05) is 23.4 Å². The van der Waals surface area contributed by atoms with Gasteiger partial charge >= 0.3 is 0 Å². The maximum Gasteiger partial charge on any atom is 0.170 e. The SMILES string of the molecule is N/C(=N\O)c1cccc(CN(CCO)CCO)c1. The molecule has 0 atom stereocenters. The van der Waals surface area contributed by atoms with Crippen LogP contribution in [0.15, 0.2) is 29.4 Å². The Labute approximate surface area is 106 Å². The Morgan fingerprint density at radius 3 is 2.44 bits per heavy atom. The molecule has 100 valence electrons. The van der Waals surface area contributed by atoms with Crippen LogP contribution >= 0.6 is 0 Å². The molecule has 0 amide bonds. The molecule has 18 heavy (non-hydrogen) atoms. The molecule has 1 aromatic carbocycles. The van der Waals surface area contributed by atoms with Gasteiger partial charge in [0.1, 0.15) is 0 Å². The van der Waals surface area contributed by atoms with Crippen molar-refractivity contribution in [3.63, 3.8) is 0 Å². The molecule has 0 saturated carbocycles. The normalized spacial score (nSPS) is 12.1. The molecule has 0 bridgehead atoms. The summed E-state index contributed by atoms with van der Waals surface area (Å²) in [6, 6.07) is 7.30. The van der Waals surface area contributed by atoms with E-state index < -0.39 is 0 Å². The molecule has 0 aliphatic heterocycles. The van der Waals surface area contributed by atoms with E-state index in [4.69, 9.17) is 21.2 Å². The molecule has 6 heteroatoms. The average molecular weight is 253 g/mol. The zero-order chi connectivity index (χ0) is 13.4. The molecule has 0 aliphatic rings. The van der Waals surface area contributed by atoms with E-state index in [0.717, 1.165) is 5.56 Å². The van der Waals surface area contributed by atoms with Gasteiger partial charge in [-0.05, 0) is 11.6 Å². The highest BCUT2D eigenvalue weighted by Gasteiger charge is 2.06. The molecule has 0 fully saturated rings. The Kier molecular flexibility index (Phi) is 6.13. The van der Waals surface area contributed by atoms with Gasteiger partial charge in [0, 0.05) is 25.2 Å². The first kappa shape index (κ1) is 14.4. The van der Waals surface area contributed by atoms with E-state index >= 15 is 0 Å². The van der Waals surface area contributed by atoms with Gasteiger partial charge in [0.15, 0.2) is 5.84 Å². The van der Waals surface area contributed by atoms with Gasteiger partial charge in [-0.3, -0.25) is 4.90 Å². The maximum absolute atomic E-state index is 8.93. The van der Waals surface area contributed by atoms with Crippen LogP contribution in [-0.2, 0) is 6.54 Å². The molecule has 0 heterocycles. The Morgan fingerprint density at radius 1 is 1.22 bits per heavy atom. The highest BCUT2D eigenvalue weighted by Crippen LogP contribution is 2.08. The lowest BCUT2D eigenvalue weighted by molar-refractivity contribution is 0.156. The minimum atomic E-state index is 0.0416. The van der Waals surface area contributed by atoms with Crippen molar-refractivity contribution in [1.82, 2.24) is 4.90 Å². The van der Waals surface area contributed by atoms with Gasteiger partial charge in [-0.2, -0.15) is 0 Å². The van der Waals surface area contributed by atoms with Crippen molar-refractivity contribution in [2.75, 3.05) is 26.3 Å². The standard InChI is InChI=1S/C12H19N3O3/c13-12(14-18)11-3-1-2-10(8-11)9-15(4-6-16)5-7-17/h1-3,8,16-18H,4-7,9H2,(H2,13,14). The average Bonchev–Trinajstić information content (AvgIpc) is 2.39. The molecule has 0 spiro atoms. The first-order chi connectivity index (χ1) is 8.71. The fourth-order valence-corrected chi connectivity index (χ4v) is 1.70. The third kappa shape index (κ3) is 4.33. The number of hydrogen-bond donors (Lipinski definition) is 4. The van der Waals surface area contributed by atoms with E-state index in [-0.39, 0.29) is 19.0 Å². The second-order valence-corrected chi connectivity index (χ2v) is 3.91. The summed E-state index contributed by atoms with van der Waals surface area (Å²) in [5.41, 5.74) is 7.13. The predicted molar refractivity (Wildman–Crippen MR) is 68.4 cm³/mol. The largest absolute Gasteiger partial charge is 0.409 e. The second kappa shape index (κ2) is 7.65. The smallest absolute Gasteiger partial charge is 0.170 e. The number of nitrogens with two attached hydrogens (primary N) is 1. The molecular formula is C12H19N3O3. The summed E-state index contributed by atoms with van der Waals surface area (Å²) in [5, 5.41) is 29.4. The number of rotatable bonds is 7. The lowest BCUT2D eigenvalue weighted by Gasteiger charge is -2.20. The monoisotopic (exact) mass is 253 g/mol. The van der Waals surface area contributed by atoms with Crippen LogP contribution in [0.25, 0.3) is 0 Å². The van der Waals surface area contributed by atoms with Crippen molar-refractivity contribution in [3.05, 3.63) is 35.4 Å². The Hall–Kier alpha value is -1.63. The van der Waals surface area contributed by atoms with Crippen LogP contribution < -0.4 is 5.73 Å². The molecule has 0 aliphatic carbocycles.